The fraction of sp³-hybridized carbons (Fsp3) is 0.333. The van der Waals surface area contributed by atoms with Gasteiger partial charge in [0.2, 0.25) is 5.88 Å². The van der Waals surface area contributed by atoms with Crippen molar-refractivity contribution in [3.8, 4) is 5.88 Å². The smallest absolute Gasteiger partial charge is 0.481 e. The summed E-state index contributed by atoms with van der Waals surface area (Å²) in [6.45, 7) is -0.177. The molecule has 18 heavy (non-hydrogen) atoms. The van der Waals surface area contributed by atoms with Crippen LogP contribution in [0.1, 0.15) is 11.1 Å². The number of alkyl halides is 3. The number of anilines is 1. The number of ether oxygens (including phenoxy) is 1. The van der Waals surface area contributed by atoms with Crippen molar-refractivity contribution in [2.75, 3.05) is 5.73 Å². The van der Waals surface area contributed by atoms with Crippen molar-refractivity contribution in [2.24, 2.45) is 5.73 Å². The second kappa shape index (κ2) is 5.08. The lowest BCUT2D eigenvalue weighted by Gasteiger charge is -2.13. The molecule has 0 aromatic carbocycles. The number of rotatable bonds is 4. The van der Waals surface area contributed by atoms with E-state index in [1.165, 1.54) is 0 Å². The van der Waals surface area contributed by atoms with E-state index in [4.69, 9.17) is 16.6 Å². The molecule has 6 nitrogen and oxygen atoms in total. The second-order valence-electron chi connectivity index (χ2n) is 3.31. The summed E-state index contributed by atoms with van der Waals surface area (Å²) in [6, 6.07) is 0.919. The summed E-state index contributed by atoms with van der Waals surface area (Å²) >= 11 is 0. The van der Waals surface area contributed by atoms with Crippen molar-refractivity contribution in [3.63, 3.8) is 0 Å². The Morgan fingerprint density at radius 2 is 2.11 bits per heavy atom. The third kappa shape index (κ3) is 3.77. The Hall–Kier alpha value is -2.03. The Kier molecular flexibility index (Phi) is 3.96. The molecule has 1 rings (SSSR count). The molecule has 0 amide bonds. The Labute approximate surface area is 99.4 Å². The van der Waals surface area contributed by atoms with Crippen LogP contribution in [0.4, 0.5) is 19.0 Å². The molecule has 0 aliphatic rings. The van der Waals surface area contributed by atoms with E-state index >= 15 is 0 Å². The van der Waals surface area contributed by atoms with Crippen LogP contribution in [-0.4, -0.2) is 22.4 Å². The molecule has 0 bridgehead atoms. The predicted octanol–water partition coefficient (Wildman–Crippen LogP) is 0.648. The molecule has 0 aliphatic heterocycles. The number of nitrogen functional groups attached to an aromatic ring is 1. The van der Waals surface area contributed by atoms with Gasteiger partial charge in [0.05, 0.1) is 6.42 Å². The molecule has 5 N–H and O–H groups in total. The zero-order chi connectivity index (χ0) is 13.9. The minimum Gasteiger partial charge on any atom is -0.481 e. The second-order valence-corrected chi connectivity index (χ2v) is 3.31. The molecule has 0 aliphatic carbocycles. The summed E-state index contributed by atoms with van der Waals surface area (Å²) in [5, 5.41) is 8.63. The van der Waals surface area contributed by atoms with Crippen molar-refractivity contribution in [1.29, 1.82) is 0 Å². The van der Waals surface area contributed by atoms with Crippen LogP contribution in [-0.2, 0) is 17.8 Å². The van der Waals surface area contributed by atoms with Crippen LogP contribution in [0.15, 0.2) is 6.07 Å². The number of aliphatic carboxylic acids is 1. The van der Waals surface area contributed by atoms with E-state index in [1.807, 2.05) is 0 Å². The van der Waals surface area contributed by atoms with Gasteiger partial charge < -0.3 is 21.3 Å². The zero-order valence-corrected chi connectivity index (χ0v) is 8.99. The molecule has 9 heteroatoms. The van der Waals surface area contributed by atoms with Crippen LogP contribution in [0.2, 0.25) is 0 Å². The Bertz CT molecular complexity index is 462. The van der Waals surface area contributed by atoms with Gasteiger partial charge in [-0.3, -0.25) is 4.79 Å². The van der Waals surface area contributed by atoms with Gasteiger partial charge in [0.15, 0.2) is 0 Å². The number of pyridine rings is 1. The first-order valence-electron chi connectivity index (χ1n) is 4.69. The standard InChI is InChI=1S/C9H10F3N3O3/c10-9(11,12)18-6-1-4(3-13)5(2-7(16)17)8(14)15-6/h1H,2-3,13H2,(H2,14,15)(H,16,17). The quantitative estimate of drug-likeness (QED) is 0.736. The molecule has 100 valence electrons. The average molecular weight is 265 g/mol. The highest BCUT2D eigenvalue weighted by molar-refractivity contribution is 5.73. The van der Waals surface area contributed by atoms with Gasteiger partial charge in [-0.05, 0) is 5.56 Å². The Morgan fingerprint density at radius 3 is 2.56 bits per heavy atom. The van der Waals surface area contributed by atoms with Gasteiger partial charge >= 0.3 is 12.3 Å². The maximum absolute atomic E-state index is 12.0. The number of aromatic nitrogens is 1. The molecule has 0 atom stereocenters. The topological polar surface area (TPSA) is 111 Å². The van der Waals surface area contributed by atoms with Crippen molar-refractivity contribution in [1.82, 2.24) is 4.98 Å². The molecule has 1 aromatic rings. The number of carboxylic acids is 1. The number of hydrogen-bond donors (Lipinski definition) is 3. The summed E-state index contributed by atoms with van der Waals surface area (Å²) in [5.74, 6) is -2.31. The van der Waals surface area contributed by atoms with Crippen molar-refractivity contribution in [3.05, 3.63) is 17.2 Å². The molecule has 0 saturated heterocycles. The first-order chi connectivity index (χ1) is 8.23. The number of nitrogens with zero attached hydrogens (tertiary/aromatic N) is 1. The molecule has 0 fully saturated rings. The largest absolute Gasteiger partial charge is 0.574 e. The number of hydrogen-bond acceptors (Lipinski definition) is 5. The third-order valence-electron chi connectivity index (χ3n) is 1.99. The fourth-order valence-corrected chi connectivity index (χ4v) is 1.33. The molecule has 0 unspecified atom stereocenters. The SMILES string of the molecule is NCc1cc(OC(F)(F)F)nc(N)c1CC(=O)O. The van der Waals surface area contributed by atoms with Crippen molar-refractivity contribution in [2.45, 2.75) is 19.3 Å². The predicted molar refractivity (Wildman–Crippen MR) is 54.6 cm³/mol. The first kappa shape index (κ1) is 14.0. The lowest BCUT2D eigenvalue weighted by atomic mass is 10.1. The van der Waals surface area contributed by atoms with Crippen molar-refractivity contribution < 1.29 is 27.8 Å². The lowest BCUT2D eigenvalue weighted by molar-refractivity contribution is -0.276. The van der Waals surface area contributed by atoms with Crippen LogP contribution in [0.25, 0.3) is 0 Å². The monoisotopic (exact) mass is 265 g/mol. The summed E-state index contributed by atoms with van der Waals surface area (Å²) in [4.78, 5) is 13.9. The van der Waals surface area contributed by atoms with E-state index in [1.54, 1.807) is 0 Å². The number of carboxylic acid groups (broad SMARTS) is 1. The van der Waals surface area contributed by atoms with Crippen LogP contribution in [0.5, 0.6) is 5.88 Å². The number of halogens is 3. The Morgan fingerprint density at radius 1 is 1.50 bits per heavy atom. The van der Waals surface area contributed by atoms with Gasteiger partial charge in [-0.25, -0.2) is 0 Å². The minimum absolute atomic E-state index is 0.0829. The van der Waals surface area contributed by atoms with E-state index < -0.39 is 24.6 Å². The highest BCUT2D eigenvalue weighted by atomic mass is 19.4. The molecule has 0 saturated carbocycles. The molecular formula is C9H10F3N3O3. The molecule has 1 aromatic heterocycles. The maximum Gasteiger partial charge on any atom is 0.574 e. The molecule has 0 spiro atoms. The molecule has 1 heterocycles. The van der Waals surface area contributed by atoms with E-state index in [0.29, 0.717) is 0 Å². The van der Waals surface area contributed by atoms with E-state index in [-0.39, 0.29) is 23.5 Å². The van der Waals surface area contributed by atoms with Gasteiger partial charge in [0.25, 0.3) is 0 Å². The summed E-state index contributed by atoms with van der Waals surface area (Å²) < 4.78 is 39.6. The van der Waals surface area contributed by atoms with Crippen LogP contribution >= 0.6 is 0 Å². The number of nitrogens with two attached hydrogens (primary N) is 2. The molecular weight excluding hydrogens is 255 g/mol. The average Bonchev–Trinajstić information content (AvgIpc) is 2.18. The fourth-order valence-electron chi connectivity index (χ4n) is 1.33. The normalized spacial score (nSPS) is 11.3. The highest BCUT2D eigenvalue weighted by Crippen LogP contribution is 2.26. The molecule has 0 radical (unpaired) electrons. The highest BCUT2D eigenvalue weighted by Gasteiger charge is 2.32. The van der Waals surface area contributed by atoms with Gasteiger partial charge in [-0.15, -0.1) is 13.2 Å². The van der Waals surface area contributed by atoms with Gasteiger partial charge in [-0.1, -0.05) is 0 Å². The third-order valence-corrected chi connectivity index (χ3v) is 1.99. The van der Waals surface area contributed by atoms with Crippen LogP contribution in [0, 0.1) is 0 Å². The van der Waals surface area contributed by atoms with Gasteiger partial charge in [-0.2, -0.15) is 4.98 Å². The summed E-state index contributed by atoms with van der Waals surface area (Å²) in [6.07, 6.45) is -5.38. The van der Waals surface area contributed by atoms with Gasteiger partial charge in [0.1, 0.15) is 5.82 Å². The maximum atomic E-state index is 12.0. The summed E-state index contributed by atoms with van der Waals surface area (Å²) in [7, 11) is 0. The Balaban J connectivity index is 3.14. The van der Waals surface area contributed by atoms with Crippen molar-refractivity contribution >= 4 is 11.8 Å². The van der Waals surface area contributed by atoms with Gasteiger partial charge in [0, 0.05) is 18.2 Å². The minimum atomic E-state index is -4.90. The number of carbonyl (C=O) groups is 1. The van der Waals surface area contributed by atoms with Crippen LogP contribution < -0.4 is 16.2 Å². The lowest BCUT2D eigenvalue weighted by Crippen LogP contribution is -2.19. The zero-order valence-electron chi connectivity index (χ0n) is 8.99. The van der Waals surface area contributed by atoms with E-state index in [0.717, 1.165) is 6.07 Å². The van der Waals surface area contributed by atoms with E-state index in [2.05, 4.69) is 9.72 Å². The van der Waals surface area contributed by atoms with Crippen LogP contribution in [0.3, 0.4) is 0 Å². The summed E-state index contributed by atoms with van der Waals surface area (Å²) in [5.41, 5.74) is 10.9. The van der Waals surface area contributed by atoms with E-state index in [9.17, 15) is 18.0 Å². The first-order valence-corrected chi connectivity index (χ1v) is 4.69.